The van der Waals surface area contributed by atoms with E-state index in [1.54, 1.807) is 0 Å². The fourth-order valence-corrected chi connectivity index (χ4v) is 12.6. The van der Waals surface area contributed by atoms with Gasteiger partial charge in [0.2, 0.25) is 0 Å². The van der Waals surface area contributed by atoms with E-state index in [4.69, 9.17) is 4.42 Å². The van der Waals surface area contributed by atoms with Gasteiger partial charge in [-0.3, -0.25) is 0 Å². The van der Waals surface area contributed by atoms with Gasteiger partial charge in [0.15, 0.2) is 0 Å². The average Bonchev–Trinajstić information content (AvgIpc) is 3.70. The smallest absolute Gasteiger partial charge is 0.333 e. The minimum atomic E-state index is -0.580. The molecule has 0 unspecified atom stereocenters. The molecule has 0 saturated heterocycles. The minimum absolute atomic E-state index is 0.0405. The summed E-state index contributed by atoms with van der Waals surface area (Å²) >= 11 is 0. The molecular formula is C61H53BN2O. The Labute approximate surface area is 383 Å². The van der Waals surface area contributed by atoms with Gasteiger partial charge in [-0.25, -0.2) is 0 Å². The summed E-state index contributed by atoms with van der Waals surface area (Å²) in [5.74, 6) is 0. The first-order chi connectivity index (χ1) is 31.4. The fourth-order valence-electron chi connectivity index (χ4n) is 12.6. The van der Waals surface area contributed by atoms with Gasteiger partial charge in [-0.05, 0) is 127 Å². The molecule has 0 amide bonds. The van der Waals surface area contributed by atoms with E-state index in [1.807, 2.05) is 0 Å². The lowest BCUT2D eigenvalue weighted by Gasteiger charge is -2.52. The van der Waals surface area contributed by atoms with Crippen molar-refractivity contribution in [2.45, 2.75) is 83.0 Å². The fraction of sp³-hybridized carbons (Fsp3) is 0.213. The maximum Gasteiger partial charge on any atom is 0.333 e. The predicted octanol–water partition coefficient (Wildman–Crippen LogP) is 14.6. The zero-order chi connectivity index (χ0) is 44.2. The zero-order valence-corrected chi connectivity index (χ0v) is 38.5. The summed E-state index contributed by atoms with van der Waals surface area (Å²) < 4.78 is 6.74. The topological polar surface area (TPSA) is 19.6 Å². The monoisotopic (exact) mass is 840 g/mol. The molecular weight excluding hydrogens is 787 g/mol. The molecule has 3 nitrogen and oxygen atoms in total. The third-order valence-electron chi connectivity index (χ3n) is 15.9. The van der Waals surface area contributed by atoms with Gasteiger partial charge in [-0.2, -0.15) is 0 Å². The molecule has 9 aromatic rings. The summed E-state index contributed by atoms with van der Waals surface area (Å²) in [6.45, 7) is 16.7. The normalized spacial score (nSPS) is 17.0. The third-order valence-corrected chi connectivity index (χ3v) is 15.9. The van der Waals surface area contributed by atoms with Crippen LogP contribution in [-0.2, 0) is 21.7 Å². The quantitative estimate of drug-likeness (QED) is 0.165. The molecule has 316 valence electrons. The molecule has 0 radical (unpaired) electrons. The molecule has 4 heterocycles. The summed E-state index contributed by atoms with van der Waals surface area (Å²) in [7, 11) is 0. The van der Waals surface area contributed by atoms with Crippen LogP contribution in [0, 0.1) is 0 Å². The first kappa shape index (κ1) is 38.7. The lowest BCUT2D eigenvalue weighted by Crippen LogP contribution is -2.63. The van der Waals surface area contributed by atoms with E-state index in [2.05, 4.69) is 228 Å². The summed E-state index contributed by atoms with van der Waals surface area (Å²) in [6, 6.07) is 64.7. The number of furan rings is 1. The second-order valence-corrected chi connectivity index (χ2v) is 21.5. The Bertz CT molecular complexity index is 3410. The van der Waals surface area contributed by atoms with Crippen molar-refractivity contribution < 1.29 is 4.42 Å². The highest BCUT2D eigenvalue weighted by molar-refractivity contribution is 6.93. The van der Waals surface area contributed by atoms with Crippen LogP contribution < -0.4 is 20.6 Å². The molecule has 0 saturated carbocycles. The minimum Gasteiger partial charge on any atom is -0.456 e. The van der Waals surface area contributed by atoms with Crippen LogP contribution in [0.4, 0.5) is 28.4 Å². The number of benzene rings is 8. The number of rotatable bonds is 3. The Kier molecular flexibility index (Phi) is 7.83. The van der Waals surface area contributed by atoms with Gasteiger partial charge >= 0.3 is 6.85 Å². The van der Waals surface area contributed by atoms with Crippen LogP contribution in [-0.4, -0.2) is 6.85 Å². The average molecular weight is 841 g/mol. The molecule has 4 aliphatic rings. The van der Waals surface area contributed by atoms with Crippen molar-refractivity contribution in [2.24, 2.45) is 0 Å². The van der Waals surface area contributed by atoms with Crippen molar-refractivity contribution in [2.75, 3.05) is 9.71 Å². The Morgan fingerprint density at radius 2 is 1.20 bits per heavy atom. The van der Waals surface area contributed by atoms with Crippen molar-refractivity contribution >= 4 is 68.1 Å². The van der Waals surface area contributed by atoms with E-state index in [0.29, 0.717) is 0 Å². The van der Waals surface area contributed by atoms with Gasteiger partial charge in [-0.1, -0.05) is 176 Å². The summed E-state index contributed by atoms with van der Waals surface area (Å²) in [5, 5.41) is 2.33. The molecule has 0 N–H and O–H groups in total. The van der Waals surface area contributed by atoms with Crippen molar-refractivity contribution in [1.82, 2.24) is 0 Å². The zero-order valence-electron chi connectivity index (χ0n) is 38.5. The van der Waals surface area contributed by atoms with Crippen LogP contribution in [0.2, 0.25) is 0 Å². The summed E-state index contributed by atoms with van der Waals surface area (Å²) in [4.78, 5) is 5.38. The number of nitrogens with zero attached hydrogens (tertiary/aromatic N) is 2. The van der Waals surface area contributed by atoms with E-state index in [1.165, 1.54) is 101 Å². The van der Waals surface area contributed by atoms with Gasteiger partial charge < -0.3 is 14.1 Å². The van der Waals surface area contributed by atoms with Gasteiger partial charge in [0.1, 0.15) is 11.2 Å². The molecule has 0 bridgehead atoms. The second kappa shape index (κ2) is 13.2. The van der Waals surface area contributed by atoms with Crippen molar-refractivity contribution in [3.05, 3.63) is 209 Å². The van der Waals surface area contributed by atoms with Crippen LogP contribution >= 0.6 is 0 Å². The van der Waals surface area contributed by atoms with Gasteiger partial charge in [0, 0.05) is 39.1 Å². The Hall–Kier alpha value is -6.78. The Morgan fingerprint density at radius 1 is 0.538 bits per heavy atom. The van der Waals surface area contributed by atoms with Crippen molar-refractivity contribution in [3.63, 3.8) is 0 Å². The molecule has 8 aromatic carbocycles. The molecule has 13 rings (SSSR count). The maximum absolute atomic E-state index is 6.74. The van der Waals surface area contributed by atoms with E-state index in [9.17, 15) is 0 Å². The van der Waals surface area contributed by atoms with E-state index in [0.717, 1.165) is 23.0 Å². The van der Waals surface area contributed by atoms with Crippen LogP contribution in [0.15, 0.2) is 174 Å². The van der Waals surface area contributed by atoms with Crippen LogP contribution in [0.3, 0.4) is 0 Å². The first-order valence-corrected chi connectivity index (χ1v) is 23.6. The number of para-hydroxylation sites is 3. The SMILES string of the molecule is CC(C)(C)c1cc2c3c(c1)N1c4ccccc4C(c4ccccc4)(c4ccccc4)c4cccc(c41)B3N(c1ccc3c(c1)C(C)(C)CCC3(C)C)c1ccc3oc4ccccc4c3c1-2. The molecule has 0 fully saturated rings. The van der Waals surface area contributed by atoms with Crippen molar-refractivity contribution in [1.29, 1.82) is 0 Å². The number of hydrogen-bond acceptors (Lipinski definition) is 3. The molecule has 0 atom stereocenters. The lowest BCUT2D eigenvalue weighted by molar-refractivity contribution is 0.332. The number of anilines is 5. The van der Waals surface area contributed by atoms with E-state index >= 15 is 0 Å². The summed E-state index contributed by atoms with van der Waals surface area (Å²) in [5.41, 5.74) is 22.0. The second-order valence-electron chi connectivity index (χ2n) is 21.5. The van der Waals surface area contributed by atoms with Gasteiger partial charge in [-0.15, -0.1) is 0 Å². The highest BCUT2D eigenvalue weighted by Crippen LogP contribution is 2.60. The van der Waals surface area contributed by atoms with Crippen LogP contribution in [0.5, 0.6) is 0 Å². The highest BCUT2D eigenvalue weighted by atomic mass is 16.3. The lowest BCUT2D eigenvalue weighted by atomic mass is 9.42. The highest BCUT2D eigenvalue weighted by Gasteiger charge is 2.53. The first-order valence-electron chi connectivity index (χ1n) is 23.6. The standard InChI is InChI=1S/C61H53BN2O/c1-58(2,3)40-35-43-54-50(31-32-53-55(54)42-23-14-17-28-52(42)65-53)64(41-29-30-44-47(37-41)60(6,7)34-33-59(44,4)5)62-48-26-18-25-46-57(48)63(51(36-40)56(43)62)49-27-16-15-24-45(49)61(46,38-19-10-8-11-20-38)39-21-12-9-13-22-39/h8-32,35-37H,33-34H2,1-7H3. The number of fused-ring (bicyclic) bond motifs is 11. The Balaban J connectivity index is 1.21. The van der Waals surface area contributed by atoms with E-state index < -0.39 is 5.41 Å². The van der Waals surface area contributed by atoms with Gasteiger partial charge in [0.05, 0.1) is 11.1 Å². The maximum atomic E-state index is 6.74. The van der Waals surface area contributed by atoms with Crippen LogP contribution in [0.25, 0.3) is 33.1 Å². The molecule has 0 spiro atoms. The largest absolute Gasteiger partial charge is 0.456 e. The number of hydrogen-bond donors (Lipinski definition) is 0. The third kappa shape index (κ3) is 5.14. The molecule has 3 aliphatic heterocycles. The summed E-state index contributed by atoms with van der Waals surface area (Å²) in [6.07, 6.45) is 2.33. The molecule has 1 aromatic heterocycles. The van der Waals surface area contributed by atoms with Crippen molar-refractivity contribution in [3.8, 4) is 11.1 Å². The van der Waals surface area contributed by atoms with Gasteiger partial charge in [0.25, 0.3) is 0 Å². The predicted molar refractivity (Wildman–Crippen MR) is 273 cm³/mol. The van der Waals surface area contributed by atoms with E-state index in [-0.39, 0.29) is 23.1 Å². The molecule has 4 heteroatoms. The Morgan fingerprint density at radius 3 is 1.94 bits per heavy atom. The molecule has 65 heavy (non-hydrogen) atoms. The van der Waals surface area contributed by atoms with Crippen LogP contribution in [0.1, 0.15) is 100 Å². The molecule has 1 aliphatic carbocycles.